The van der Waals surface area contributed by atoms with Crippen molar-refractivity contribution in [1.82, 2.24) is 14.8 Å². The Kier molecular flexibility index (Phi) is 3.79. The van der Waals surface area contributed by atoms with Crippen LogP contribution in [-0.4, -0.2) is 49.8 Å². The maximum Gasteiger partial charge on any atom is 0.254 e. The zero-order chi connectivity index (χ0) is 12.3. The number of hydrogen-bond donors (Lipinski definition) is 3. The molecule has 0 spiro atoms. The number of hydrogen-bond acceptors (Lipinski definition) is 5. The fourth-order valence-electron chi connectivity index (χ4n) is 1.54. The van der Waals surface area contributed by atoms with Gasteiger partial charge in [0.05, 0.1) is 19.8 Å². The van der Waals surface area contributed by atoms with Crippen molar-refractivity contribution in [2.24, 2.45) is 0 Å². The van der Waals surface area contributed by atoms with E-state index in [1.807, 2.05) is 0 Å². The normalized spacial score (nSPS) is 18.4. The van der Waals surface area contributed by atoms with Crippen LogP contribution in [0.25, 0.3) is 0 Å². The average Bonchev–Trinajstić information content (AvgIpc) is 2.79. The van der Waals surface area contributed by atoms with Crippen LogP contribution in [0.4, 0.5) is 0 Å². The Morgan fingerprint density at radius 2 is 2.18 bits per heavy atom. The van der Waals surface area contributed by atoms with Gasteiger partial charge in [0, 0.05) is 25.0 Å². The third kappa shape index (κ3) is 3.05. The van der Waals surface area contributed by atoms with E-state index in [9.17, 15) is 8.42 Å². The fourth-order valence-corrected chi connectivity index (χ4v) is 2.68. The average molecular weight is 261 g/mol. The van der Waals surface area contributed by atoms with E-state index in [0.29, 0.717) is 32.0 Å². The second-order valence-corrected chi connectivity index (χ2v) is 5.37. The van der Waals surface area contributed by atoms with Gasteiger partial charge in [0.1, 0.15) is 4.90 Å². The molecule has 0 saturated carbocycles. The predicted octanol–water partition coefficient (Wildman–Crippen LogP) is -0.967. The Morgan fingerprint density at radius 1 is 1.47 bits per heavy atom. The Hall–Kier alpha value is -0.930. The highest BCUT2D eigenvalue weighted by atomic mass is 32.2. The van der Waals surface area contributed by atoms with Gasteiger partial charge >= 0.3 is 0 Å². The van der Waals surface area contributed by atoms with Crippen LogP contribution in [0, 0.1) is 0 Å². The Bertz CT molecular complexity index is 464. The van der Waals surface area contributed by atoms with Gasteiger partial charge in [-0.2, -0.15) is 0 Å². The third-order valence-electron chi connectivity index (χ3n) is 2.46. The highest BCUT2D eigenvalue weighted by molar-refractivity contribution is 7.89. The van der Waals surface area contributed by atoms with Gasteiger partial charge in [-0.1, -0.05) is 0 Å². The van der Waals surface area contributed by atoms with Gasteiger partial charge in [-0.25, -0.2) is 13.4 Å². The van der Waals surface area contributed by atoms with Crippen molar-refractivity contribution in [3.63, 3.8) is 0 Å². The number of aromatic nitrogens is 1. The summed E-state index contributed by atoms with van der Waals surface area (Å²) in [7, 11) is -3.57. The molecule has 1 fully saturated rings. The number of sulfonamides is 1. The number of hydrazine groups is 1. The number of nitrogens with one attached hydrogen (secondary N) is 2. The Labute approximate surface area is 99.4 Å². The summed E-state index contributed by atoms with van der Waals surface area (Å²) >= 11 is 0. The summed E-state index contributed by atoms with van der Waals surface area (Å²) in [6, 6.07) is 1.41. The number of ether oxygens (including phenoxy) is 1. The van der Waals surface area contributed by atoms with Gasteiger partial charge in [0.2, 0.25) is 0 Å². The molecular formula is C9H15N3O4S. The predicted molar refractivity (Wildman–Crippen MR) is 59.4 cm³/mol. The second kappa shape index (κ2) is 5.15. The zero-order valence-corrected chi connectivity index (χ0v) is 10.0. The molecule has 1 aliphatic heterocycles. The lowest BCUT2D eigenvalue weighted by atomic mass is 10.5. The molecule has 1 aromatic rings. The first-order chi connectivity index (χ1) is 8.12. The highest BCUT2D eigenvalue weighted by Gasteiger charge is 2.21. The molecule has 8 heteroatoms. The third-order valence-corrected chi connectivity index (χ3v) is 3.81. The lowest BCUT2D eigenvalue weighted by Crippen LogP contribution is -2.48. The molecule has 1 saturated heterocycles. The summed E-state index contributed by atoms with van der Waals surface area (Å²) in [6.07, 6.45) is 1.36. The van der Waals surface area contributed by atoms with E-state index >= 15 is 0 Å². The fraction of sp³-hybridized carbons (Fsp3) is 0.556. The quantitative estimate of drug-likeness (QED) is 0.648. The van der Waals surface area contributed by atoms with Crippen molar-refractivity contribution in [2.45, 2.75) is 11.5 Å². The SMILES string of the molecule is O=S(=O)(NN1CCOCC1)c1c[nH]c(CO)c1. The molecule has 3 N–H and O–H groups in total. The molecule has 1 aliphatic rings. The first-order valence-electron chi connectivity index (χ1n) is 5.25. The number of rotatable bonds is 4. The summed E-state index contributed by atoms with van der Waals surface area (Å²) in [5.41, 5.74) is 0.465. The molecule has 2 rings (SSSR count). The summed E-state index contributed by atoms with van der Waals surface area (Å²) in [4.78, 5) is 5.28. The molecule has 96 valence electrons. The molecule has 0 amide bonds. The summed E-state index contributed by atoms with van der Waals surface area (Å²) < 4.78 is 29.0. The smallest absolute Gasteiger partial charge is 0.254 e. The van der Waals surface area contributed by atoms with Gasteiger partial charge in [-0.15, -0.1) is 4.83 Å². The summed E-state index contributed by atoms with van der Waals surface area (Å²) in [5, 5.41) is 10.5. The molecule has 0 aromatic carbocycles. The van der Waals surface area contributed by atoms with Gasteiger partial charge < -0.3 is 14.8 Å². The van der Waals surface area contributed by atoms with Crippen molar-refractivity contribution in [1.29, 1.82) is 0 Å². The highest BCUT2D eigenvalue weighted by Crippen LogP contribution is 2.11. The van der Waals surface area contributed by atoms with Crippen molar-refractivity contribution in [3.8, 4) is 0 Å². The lowest BCUT2D eigenvalue weighted by Gasteiger charge is -2.26. The maximum atomic E-state index is 11.9. The van der Waals surface area contributed by atoms with E-state index in [0.717, 1.165) is 0 Å². The second-order valence-electron chi connectivity index (χ2n) is 3.71. The van der Waals surface area contributed by atoms with E-state index < -0.39 is 10.0 Å². The largest absolute Gasteiger partial charge is 0.390 e. The number of morpholine rings is 1. The van der Waals surface area contributed by atoms with E-state index in [1.165, 1.54) is 12.3 Å². The van der Waals surface area contributed by atoms with Crippen LogP contribution in [-0.2, 0) is 21.4 Å². The molecule has 17 heavy (non-hydrogen) atoms. The van der Waals surface area contributed by atoms with Crippen molar-refractivity contribution in [2.75, 3.05) is 26.3 Å². The molecule has 7 nitrogen and oxygen atoms in total. The van der Waals surface area contributed by atoms with Crippen LogP contribution in [0.15, 0.2) is 17.2 Å². The first kappa shape index (κ1) is 12.5. The van der Waals surface area contributed by atoms with E-state index in [1.54, 1.807) is 5.01 Å². The minimum Gasteiger partial charge on any atom is -0.390 e. The zero-order valence-electron chi connectivity index (χ0n) is 9.22. The van der Waals surface area contributed by atoms with Crippen molar-refractivity contribution < 1.29 is 18.3 Å². The van der Waals surface area contributed by atoms with Gasteiger partial charge in [-0.05, 0) is 6.07 Å². The molecule has 1 aromatic heterocycles. The molecule has 0 bridgehead atoms. The number of aliphatic hydroxyl groups is 1. The van der Waals surface area contributed by atoms with Crippen LogP contribution >= 0.6 is 0 Å². The van der Waals surface area contributed by atoms with Gasteiger partial charge in [0.15, 0.2) is 0 Å². The van der Waals surface area contributed by atoms with Crippen LogP contribution in [0.2, 0.25) is 0 Å². The standard InChI is InChI=1S/C9H15N3O4S/c13-7-8-5-9(6-10-8)17(14,15)11-12-1-3-16-4-2-12/h5-6,10-11,13H,1-4,7H2. The van der Waals surface area contributed by atoms with Gasteiger partial charge in [0.25, 0.3) is 10.0 Å². The molecular weight excluding hydrogens is 246 g/mol. The maximum absolute atomic E-state index is 11.9. The van der Waals surface area contributed by atoms with Crippen LogP contribution < -0.4 is 4.83 Å². The van der Waals surface area contributed by atoms with E-state index in [2.05, 4.69) is 9.82 Å². The monoisotopic (exact) mass is 261 g/mol. The molecule has 0 unspecified atom stereocenters. The van der Waals surface area contributed by atoms with Crippen LogP contribution in [0.5, 0.6) is 0 Å². The molecule has 0 radical (unpaired) electrons. The van der Waals surface area contributed by atoms with E-state index in [4.69, 9.17) is 9.84 Å². The Balaban J connectivity index is 2.07. The molecule has 2 heterocycles. The molecule has 0 atom stereocenters. The number of aliphatic hydroxyl groups excluding tert-OH is 1. The minimum atomic E-state index is -3.57. The number of H-pyrrole nitrogens is 1. The minimum absolute atomic E-state index is 0.119. The van der Waals surface area contributed by atoms with E-state index in [-0.39, 0.29) is 11.5 Å². The Morgan fingerprint density at radius 3 is 2.76 bits per heavy atom. The molecule has 0 aliphatic carbocycles. The topological polar surface area (TPSA) is 94.7 Å². The van der Waals surface area contributed by atoms with Crippen molar-refractivity contribution >= 4 is 10.0 Å². The number of nitrogens with zero attached hydrogens (tertiary/aromatic N) is 1. The number of aromatic amines is 1. The van der Waals surface area contributed by atoms with Crippen molar-refractivity contribution in [3.05, 3.63) is 18.0 Å². The lowest BCUT2D eigenvalue weighted by molar-refractivity contribution is 0.0272. The van der Waals surface area contributed by atoms with Crippen LogP contribution in [0.1, 0.15) is 5.69 Å². The van der Waals surface area contributed by atoms with Crippen LogP contribution in [0.3, 0.4) is 0 Å². The van der Waals surface area contributed by atoms with Gasteiger partial charge in [-0.3, -0.25) is 0 Å². The first-order valence-corrected chi connectivity index (χ1v) is 6.73. The summed E-state index contributed by atoms with van der Waals surface area (Å²) in [6.45, 7) is 1.86. The summed E-state index contributed by atoms with van der Waals surface area (Å²) in [5.74, 6) is 0.